The van der Waals surface area contributed by atoms with Crippen LogP contribution in [0.5, 0.6) is 0 Å². The second-order valence-electron chi connectivity index (χ2n) is 5.83. The Balaban J connectivity index is 1.98. The quantitative estimate of drug-likeness (QED) is 0.847. The van der Waals surface area contributed by atoms with Crippen LogP contribution in [0.25, 0.3) is 0 Å². The van der Waals surface area contributed by atoms with Crippen molar-refractivity contribution in [2.45, 2.75) is 58.6 Å². The van der Waals surface area contributed by atoms with Crippen molar-refractivity contribution < 1.29 is 4.74 Å². The average molecular weight is 261 g/mol. The van der Waals surface area contributed by atoms with E-state index in [1.807, 2.05) is 0 Å². The molecule has 0 radical (unpaired) electrons. The third kappa shape index (κ3) is 4.63. The van der Waals surface area contributed by atoms with E-state index in [1.165, 1.54) is 29.5 Å². The molecule has 0 aromatic heterocycles. The molecule has 1 fully saturated rings. The Bertz CT molecular complexity index is 376. The maximum atomic E-state index is 5.77. The predicted molar refractivity (Wildman–Crippen MR) is 80.7 cm³/mol. The molecule has 1 aromatic rings. The lowest BCUT2D eigenvalue weighted by atomic mass is 9.97. The number of hydrogen-bond donors (Lipinski definition) is 1. The summed E-state index contributed by atoms with van der Waals surface area (Å²) in [5, 5.41) is 3.62. The molecule has 0 spiro atoms. The van der Waals surface area contributed by atoms with Crippen LogP contribution in [-0.4, -0.2) is 25.3 Å². The fourth-order valence-corrected chi connectivity index (χ4v) is 3.15. The fourth-order valence-electron chi connectivity index (χ4n) is 3.15. The van der Waals surface area contributed by atoms with Crippen molar-refractivity contribution in [1.82, 2.24) is 5.32 Å². The van der Waals surface area contributed by atoms with E-state index in [4.69, 9.17) is 4.74 Å². The standard InChI is InChI=1S/C17H27NO/c1-4-18-16(12-17-6-5-7-19-17)11-15-9-13(2)8-14(3)10-15/h8-10,16-18H,4-7,11-12H2,1-3H3. The van der Waals surface area contributed by atoms with Crippen molar-refractivity contribution in [1.29, 1.82) is 0 Å². The molecule has 2 nitrogen and oxygen atoms in total. The second kappa shape index (κ2) is 7.06. The van der Waals surface area contributed by atoms with Gasteiger partial charge in [0.1, 0.15) is 0 Å². The van der Waals surface area contributed by atoms with E-state index >= 15 is 0 Å². The Morgan fingerprint density at radius 2 is 2.00 bits per heavy atom. The first-order chi connectivity index (χ1) is 9.17. The van der Waals surface area contributed by atoms with Crippen LogP contribution in [0.2, 0.25) is 0 Å². The summed E-state index contributed by atoms with van der Waals surface area (Å²) in [5.41, 5.74) is 4.17. The zero-order valence-electron chi connectivity index (χ0n) is 12.5. The lowest BCUT2D eigenvalue weighted by molar-refractivity contribution is 0.0948. The van der Waals surface area contributed by atoms with Gasteiger partial charge in [-0.15, -0.1) is 0 Å². The molecule has 1 aliphatic rings. The summed E-state index contributed by atoms with van der Waals surface area (Å²) >= 11 is 0. The molecule has 0 amide bonds. The maximum absolute atomic E-state index is 5.77. The number of aryl methyl sites for hydroxylation is 2. The molecule has 1 N–H and O–H groups in total. The van der Waals surface area contributed by atoms with E-state index in [1.54, 1.807) is 0 Å². The van der Waals surface area contributed by atoms with Crippen LogP contribution in [0.3, 0.4) is 0 Å². The minimum atomic E-state index is 0.468. The molecule has 2 atom stereocenters. The van der Waals surface area contributed by atoms with Crippen LogP contribution in [0.4, 0.5) is 0 Å². The number of nitrogens with one attached hydrogen (secondary N) is 1. The lowest BCUT2D eigenvalue weighted by Crippen LogP contribution is -2.34. The summed E-state index contributed by atoms with van der Waals surface area (Å²) in [4.78, 5) is 0. The Morgan fingerprint density at radius 1 is 1.26 bits per heavy atom. The monoisotopic (exact) mass is 261 g/mol. The fraction of sp³-hybridized carbons (Fsp3) is 0.647. The highest BCUT2D eigenvalue weighted by atomic mass is 16.5. The molecule has 2 heteroatoms. The van der Waals surface area contributed by atoms with E-state index in [-0.39, 0.29) is 0 Å². The minimum absolute atomic E-state index is 0.468. The minimum Gasteiger partial charge on any atom is -0.378 e. The highest BCUT2D eigenvalue weighted by molar-refractivity contribution is 5.29. The molecule has 106 valence electrons. The number of hydrogen-bond acceptors (Lipinski definition) is 2. The maximum Gasteiger partial charge on any atom is 0.0590 e. The zero-order chi connectivity index (χ0) is 13.7. The van der Waals surface area contributed by atoms with Crippen LogP contribution in [0.1, 0.15) is 42.9 Å². The number of rotatable bonds is 6. The summed E-state index contributed by atoms with van der Waals surface area (Å²) in [6.07, 6.45) is 5.17. The van der Waals surface area contributed by atoms with Crippen LogP contribution in [0.15, 0.2) is 18.2 Å². The SMILES string of the molecule is CCNC(Cc1cc(C)cc(C)c1)CC1CCCO1. The summed E-state index contributed by atoms with van der Waals surface area (Å²) in [6, 6.07) is 7.40. The van der Waals surface area contributed by atoms with E-state index in [0.717, 1.165) is 26.0 Å². The van der Waals surface area contributed by atoms with Crippen LogP contribution >= 0.6 is 0 Å². The van der Waals surface area contributed by atoms with Gasteiger partial charge in [0.05, 0.1) is 6.10 Å². The molecule has 1 heterocycles. The van der Waals surface area contributed by atoms with Gasteiger partial charge >= 0.3 is 0 Å². The first-order valence-electron chi connectivity index (χ1n) is 7.59. The first kappa shape index (κ1) is 14.5. The van der Waals surface area contributed by atoms with Gasteiger partial charge in [-0.3, -0.25) is 0 Å². The first-order valence-corrected chi connectivity index (χ1v) is 7.59. The van der Waals surface area contributed by atoms with Crippen molar-refractivity contribution in [2.24, 2.45) is 0 Å². The van der Waals surface area contributed by atoms with Gasteiger partial charge in [0.15, 0.2) is 0 Å². The average Bonchev–Trinajstić information content (AvgIpc) is 2.80. The van der Waals surface area contributed by atoms with Crippen molar-refractivity contribution in [3.63, 3.8) is 0 Å². The molecule has 1 saturated heterocycles. The van der Waals surface area contributed by atoms with Gasteiger partial charge in [-0.25, -0.2) is 0 Å². The summed E-state index contributed by atoms with van der Waals surface area (Å²) in [5.74, 6) is 0. The molecule has 2 rings (SSSR count). The number of benzene rings is 1. The van der Waals surface area contributed by atoms with Crippen molar-refractivity contribution in [2.75, 3.05) is 13.2 Å². The third-order valence-electron chi connectivity index (χ3n) is 3.83. The molecule has 0 saturated carbocycles. The Kier molecular flexibility index (Phi) is 5.41. The van der Waals surface area contributed by atoms with E-state index < -0.39 is 0 Å². The summed E-state index contributed by atoms with van der Waals surface area (Å²) < 4.78 is 5.77. The Labute approximate surface area is 117 Å². The van der Waals surface area contributed by atoms with Crippen LogP contribution in [-0.2, 0) is 11.2 Å². The summed E-state index contributed by atoms with van der Waals surface area (Å²) in [7, 11) is 0. The van der Waals surface area contributed by atoms with Crippen molar-refractivity contribution in [3.05, 3.63) is 34.9 Å². The van der Waals surface area contributed by atoms with Gasteiger partial charge in [0, 0.05) is 12.6 Å². The van der Waals surface area contributed by atoms with Crippen molar-refractivity contribution >= 4 is 0 Å². The van der Waals surface area contributed by atoms with Crippen molar-refractivity contribution in [3.8, 4) is 0 Å². The van der Waals surface area contributed by atoms with Gasteiger partial charge < -0.3 is 10.1 Å². The van der Waals surface area contributed by atoms with Gasteiger partial charge in [0.25, 0.3) is 0 Å². The molecular formula is C17H27NO. The van der Waals surface area contributed by atoms with Gasteiger partial charge in [-0.1, -0.05) is 36.2 Å². The normalized spacial score (nSPS) is 20.7. The van der Waals surface area contributed by atoms with Gasteiger partial charge in [-0.2, -0.15) is 0 Å². The topological polar surface area (TPSA) is 21.3 Å². The predicted octanol–water partition coefficient (Wildman–Crippen LogP) is 3.39. The second-order valence-corrected chi connectivity index (χ2v) is 5.83. The Morgan fingerprint density at radius 3 is 2.58 bits per heavy atom. The van der Waals surface area contributed by atoms with Gasteiger partial charge in [-0.05, 0) is 51.6 Å². The lowest BCUT2D eigenvalue weighted by Gasteiger charge is -2.21. The largest absolute Gasteiger partial charge is 0.378 e. The van der Waals surface area contributed by atoms with Gasteiger partial charge in [0.2, 0.25) is 0 Å². The molecule has 0 bridgehead atoms. The number of ether oxygens (including phenoxy) is 1. The molecule has 2 unspecified atom stereocenters. The molecule has 0 aliphatic carbocycles. The smallest absolute Gasteiger partial charge is 0.0590 e. The summed E-state index contributed by atoms with van der Waals surface area (Å²) in [6.45, 7) is 8.52. The molecule has 1 aromatic carbocycles. The highest BCUT2D eigenvalue weighted by Crippen LogP contribution is 2.19. The zero-order valence-corrected chi connectivity index (χ0v) is 12.5. The van der Waals surface area contributed by atoms with E-state index in [9.17, 15) is 0 Å². The Hall–Kier alpha value is -0.860. The van der Waals surface area contributed by atoms with Crippen LogP contribution in [0, 0.1) is 13.8 Å². The molecule has 1 aliphatic heterocycles. The molecule has 19 heavy (non-hydrogen) atoms. The van der Waals surface area contributed by atoms with E-state index in [0.29, 0.717) is 12.1 Å². The molecular weight excluding hydrogens is 234 g/mol. The van der Waals surface area contributed by atoms with E-state index in [2.05, 4.69) is 44.3 Å². The number of likely N-dealkylation sites (N-methyl/N-ethyl adjacent to an activating group) is 1. The van der Waals surface area contributed by atoms with Crippen LogP contribution < -0.4 is 5.32 Å². The highest BCUT2D eigenvalue weighted by Gasteiger charge is 2.20. The third-order valence-corrected chi connectivity index (χ3v) is 3.83.